The van der Waals surface area contributed by atoms with Gasteiger partial charge in [0.1, 0.15) is 0 Å². The minimum atomic E-state index is -1.01. The van der Waals surface area contributed by atoms with Gasteiger partial charge in [-0.1, -0.05) is 6.08 Å². The number of amides is 1. The quantitative estimate of drug-likeness (QED) is 0.622. The van der Waals surface area contributed by atoms with Gasteiger partial charge in [0.15, 0.2) is 0 Å². The Morgan fingerprint density at radius 2 is 2.60 bits per heavy atom. The van der Waals surface area contributed by atoms with Crippen LogP contribution < -0.4 is 5.32 Å². The van der Waals surface area contributed by atoms with E-state index in [2.05, 4.69) is 21.9 Å². The maximum absolute atomic E-state index is 10.4. The third-order valence-corrected chi connectivity index (χ3v) is 2.11. The first kappa shape index (κ1) is 11.3. The summed E-state index contributed by atoms with van der Waals surface area (Å²) in [7, 11) is 0. The summed E-state index contributed by atoms with van der Waals surface area (Å²) in [6, 6.07) is -0.176. The fraction of sp³-hybridized carbons (Fsp3) is 0.400. The largest absolute Gasteiger partial charge is 0.465 e. The zero-order valence-electron chi connectivity index (χ0n) is 8.44. The Morgan fingerprint density at radius 3 is 3.13 bits per heavy atom. The third kappa shape index (κ3) is 4.30. The highest BCUT2D eigenvalue weighted by Crippen LogP contribution is 2.04. The second kappa shape index (κ2) is 5.85. The fourth-order valence-corrected chi connectivity index (χ4v) is 1.34. The predicted octanol–water partition coefficient (Wildman–Crippen LogP) is 1.55. The van der Waals surface area contributed by atoms with Crippen molar-refractivity contribution in [2.45, 2.75) is 25.3 Å². The van der Waals surface area contributed by atoms with Gasteiger partial charge in [0, 0.05) is 11.9 Å². The summed E-state index contributed by atoms with van der Waals surface area (Å²) in [6.45, 7) is 3.58. The smallest absolute Gasteiger partial charge is 0.405 e. The van der Waals surface area contributed by atoms with Gasteiger partial charge in [0.2, 0.25) is 0 Å². The molecule has 1 amide bonds. The van der Waals surface area contributed by atoms with E-state index in [0.717, 1.165) is 25.0 Å². The molecule has 1 rings (SSSR count). The molecule has 82 valence electrons. The number of nitrogens with zero attached hydrogens (tertiary/aromatic N) is 1. The molecule has 0 aliphatic rings. The molecule has 5 nitrogen and oxygen atoms in total. The Labute approximate surface area is 88.2 Å². The number of hydrogen-bond donors (Lipinski definition) is 3. The van der Waals surface area contributed by atoms with Crippen molar-refractivity contribution in [1.82, 2.24) is 15.3 Å². The molecule has 1 unspecified atom stereocenters. The van der Waals surface area contributed by atoms with Gasteiger partial charge in [-0.2, -0.15) is 0 Å². The Kier molecular flexibility index (Phi) is 4.40. The number of carbonyl (C=O) groups is 1. The molecule has 1 aromatic heterocycles. The molecule has 0 fully saturated rings. The van der Waals surface area contributed by atoms with Crippen LogP contribution in [0.15, 0.2) is 25.2 Å². The highest BCUT2D eigenvalue weighted by atomic mass is 16.4. The Hall–Kier alpha value is -1.78. The van der Waals surface area contributed by atoms with Crippen molar-refractivity contribution in [3.63, 3.8) is 0 Å². The van der Waals surface area contributed by atoms with Crippen LogP contribution >= 0.6 is 0 Å². The molecular formula is C10H15N3O2. The highest BCUT2D eigenvalue weighted by Gasteiger charge is 2.06. The molecule has 0 spiro atoms. The van der Waals surface area contributed by atoms with E-state index in [1.54, 1.807) is 18.6 Å². The van der Waals surface area contributed by atoms with Crippen LogP contribution in [0.25, 0.3) is 0 Å². The normalized spacial score (nSPS) is 12.0. The molecule has 0 aromatic carbocycles. The van der Waals surface area contributed by atoms with Crippen molar-refractivity contribution >= 4 is 6.09 Å². The monoisotopic (exact) mass is 209 g/mol. The molecule has 15 heavy (non-hydrogen) atoms. The van der Waals surface area contributed by atoms with Crippen LogP contribution in [0.5, 0.6) is 0 Å². The summed E-state index contributed by atoms with van der Waals surface area (Å²) >= 11 is 0. The number of aromatic nitrogens is 2. The van der Waals surface area contributed by atoms with Crippen LogP contribution in [0.2, 0.25) is 0 Å². The van der Waals surface area contributed by atoms with Crippen molar-refractivity contribution in [1.29, 1.82) is 0 Å². The van der Waals surface area contributed by atoms with Crippen LogP contribution in [-0.4, -0.2) is 27.2 Å². The van der Waals surface area contributed by atoms with Gasteiger partial charge in [0.05, 0.1) is 12.4 Å². The molecular weight excluding hydrogens is 194 g/mol. The summed E-state index contributed by atoms with van der Waals surface area (Å²) in [5.41, 5.74) is 1.06. The molecule has 0 bridgehead atoms. The Balaban J connectivity index is 2.22. The number of H-pyrrole nitrogens is 1. The molecule has 1 atom stereocenters. The van der Waals surface area contributed by atoms with Crippen molar-refractivity contribution in [3.05, 3.63) is 30.9 Å². The summed E-state index contributed by atoms with van der Waals surface area (Å²) in [5, 5.41) is 10.9. The average molecular weight is 209 g/mol. The Morgan fingerprint density at radius 1 is 1.80 bits per heavy atom. The lowest BCUT2D eigenvalue weighted by atomic mass is 10.1. The van der Waals surface area contributed by atoms with E-state index in [0.29, 0.717) is 0 Å². The van der Waals surface area contributed by atoms with Crippen molar-refractivity contribution in [3.8, 4) is 0 Å². The molecule has 0 saturated heterocycles. The number of hydrogen-bond acceptors (Lipinski definition) is 2. The SMILES string of the molecule is C=CC(CCCc1cnc[nH]1)NC(=O)O. The van der Waals surface area contributed by atoms with Gasteiger partial charge in [-0.25, -0.2) is 9.78 Å². The van der Waals surface area contributed by atoms with Crippen LogP contribution in [0, 0.1) is 0 Å². The zero-order chi connectivity index (χ0) is 11.1. The van der Waals surface area contributed by atoms with Gasteiger partial charge in [-0.3, -0.25) is 0 Å². The second-order valence-electron chi connectivity index (χ2n) is 3.26. The van der Waals surface area contributed by atoms with E-state index in [-0.39, 0.29) is 6.04 Å². The van der Waals surface area contributed by atoms with Gasteiger partial charge >= 0.3 is 6.09 Å². The molecule has 0 aliphatic heterocycles. The number of aromatic amines is 1. The lowest BCUT2D eigenvalue weighted by molar-refractivity contribution is 0.191. The third-order valence-electron chi connectivity index (χ3n) is 2.11. The summed E-state index contributed by atoms with van der Waals surface area (Å²) in [6.07, 6.45) is 6.51. The van der Waals surface area contributed by atoms with Gasteiger partial charge < -0.3 is 15.4 Å². The van der Waals surface area contributed by atoms with Crippen LogP contribution in [0.4, 0.5) is 4.79 Å². The first-order valence-electron chi connectivity index (χ1n) is 4.81. The van der Waals surface area contributed by atoms with E-state index in [1.807, 2.05) is 0 Å². The zero-order valence-corrected chi connectivity index (χ0v) is 8.44. The van der Waals surface area contributed by atoms with Gasteiger partial charge in [-0.05, 0) is 19.3 Å². The molecule has 0 radical (unpaired) electrons. The lowest BCUT2D eigenvalue weighted by Crippen LogP contribution is -2.31. The van der Waals surface area contributed by atoms with E-state index in [4.69, 9.17) is 5.11 Å². The summed E-state index contributed by atoms with van der Waals surface area (Å²) in [5.74, 6) is 0. The predicted molar refractivity (Wildman–Crippen MR) is 56.7 cm³/mol. The van der Waals surface area contributed by atoms with Crippen molar-refractivity contribution in [2.24, 2.45) is 0 Å². The van der Waals surface area contributed by atoms with Gasteiger partial charge in [0.25, 0.3) is 0 Å². The second-order valence-corrected chi connectivity index (χ2v) is 3.26. The average Bonchev–Trinajstić information content (AvgIpc) is 2.68. The van der Waals surface area contributed by atoms with Crippen LogP contribution in [0.3, 0.4) is 0 Å². The first-order chi connectivity index (χ1) is 7.22. The van der Waals surface area contributed by atoms with Crippen LogP contribution in [0.1, 0.15) is 18.5 Å². The van der Waals surface area contributed by atoms with E-state index in [1.165, 1.54) is 0 Å². The molecule has 1 aromatic rings. The van der Waals surface area contributed by atoms with Crippen molar-refractivity contribution < 1.29 is 9.90 Å². The van der Waals surface area contributed by atoms with E-state index >= 15 is 0 Å². The minimum absolute atomic E-state index is 0.176. The Bertz CT molecular complexity index is 308. The standard InChI is InChI=1S/C10H15N3O2/c1-2-8(13-10(14)15)4-3-5-9-6-11-7-12-9/h2,6-8,13H,1,3-5H2,(H,11,12)(H,14,15). The number of rotatable bonds is 6. The topological polar surface area (TPSA) is 78.0 Å². The minimum Gasteiger partial charge on any atom is -0.465 e. The molecule has 1 heterocycles. The lowest BCUT2D eigenvalue weighted by Gasteiger charge is -2.11. The fourth-order valence-electron chi connectivity index (χ4n) is 1.34. The molecule has 5 heteroatoms. The van der Waals surface area contributed by atoms with E-state index in [9.17, 15) is 4.79 Å². The highest BCUT2D eigenvalue weighted by molar-refractivity contribution is 5.65. The molecule has 0 saturated carbocycles. The van der Waals surface area contributed by atoms with Crippen LogP contribution in [-0.2, 0) is 6.42 Å². The first-order valence-corrected chi connectivity index (χ1v) is 4.81. The number of imidazole rings is 1. The number of aryl methyl sites for hydroxylation is 1. The summed E-state index contributed by atoms with van der Waals surface area (Å²) < 4.78 is 0. The molecule has 0 aliphatic carbocycles. The maximum atomic E-state index is 10.4. The number of nitrogens with one attached hydrogen (secondary N) is 2. The summed E-state index contributed by atoms with van der Waals surface area (Å²) in [4.78, 5) is 17.3. The van der Waals surface area contributed by atoms with E-state index < -0.39 is 6.09 Å². The maximum Gasteiger partial charge on any atom is 0.405 e. The van der Waals surface area contributed by atoms with Crippen molar-refractivity contribution in [2.75, 3.05) is 0 Å². The number of carboxylic acid groups (broad SMARTS) is 1. The van der Waals surface area contributed by atoms with Gasteiger partial charge in [-0.15, -0.1) is 6.58 Å². The molecule has 3 N–H and O–H groups in total.